The monoisotopic (exact) mass is 433 g/mol. The normalized spacial score (nSPS) is 10.3. The third kappa shape index (κ3) is 3.81. The largest absolute Gasteiger partial charge is 0.319 e. The summed E-state index contributed by atoms with van der Waals surface area (Å²) in [6, 6.07) is 5.65. The van der Waals surface area contributed by atoms with Crippen LogP contribution in [0.1, 0.15) is 10.4 Å². The van der Waals surface area contributed by atoms with Gasteiger partial charge in [0.05, 0.1) is 31.6 Å². The summed E-state index contributed by atoms with van der Waals surface area (Å²) in [5, 5.41) is 24.4. The predicted molar refractivity (Wildman–Crippen MR) is 91.9 cm³/mol. The topological polar surface area (TPSA) is 115 Å². The van der Waals surface area contributed by atoms with Crippen LogP contribution in [0.4, 0.5) is 17.1 Å². The molecule has 0 aromatic heterocycles. The lowest BCUT2D eigenvalue weighted by Crippen LogP contribution is -2.14. The predicted octanol–water partition coefficient (Wildman–Crippen LogP) is 4.82. The van der Waals surface area contributed by atoms with Gasteiger partial charge in [-0.15, -0.1) is 0 Å². The summed E-state index contributed by atoms with van der Waals surface area (Å²) in [6.07, 6.45) is 0. The van der Waals surface area contributed by atoms with Crippen LogP contribution < -0.4 is 5.32 Å². The van der Waals surface area contributed by atoms with Gasteiger partial charge in [0.1, 0.15) is 5.56 Å². The van der Waals surface area contributed by atoms with Crippen LogP contribution in [0.3, 0.4) is 0 Å². The number of anilines is 1. The van der Waals surface area contributed by atoms with Gasteiger partial charge in [-0.05, 0) is 18.2 Å². The lowest BCUT2D eigenvalue weighted by Gasteiger charge is -2.10. The Hall–Kier alpha value is -2.23. The van der Waals surface area contributed by atoms with Crippen molar-refractivity contribution in [1.29, 1.82) is 0 Å². The second-order valence-electron chi connectivity index (χ2n) is 4.41. The Kier molecular flexibility index (Phi) is 5.37. The van der Waals surface area contributed by atoms with Gasteiger partial charge in [0.2, 0.25) is 0 Å². The summed E-state index contributed by atoms with van der Waals surface area (Å²) in [4.78, 5) is 32.4. The number of nitro groups is 2. The van der Waals surface area contributed by atoms with Gasteiger partial charge in [0.25, 0.3) is 17.3 Å². The Bertz CT molecular complexity index is 852. The average molecular weight is 435 g/mol. The molecule has 0 atom stereocenters. The minimum atomic E-state index is -0.882. The van der Waals surface area contributed by atoms with E-state index in [4.69, 9.17) is 23.2 Å². The standard InChI is InChI=1S/C13H6BrCl2N3O5/c14-6-3-9(15)12(10(16)4-6)17-13(20)8-2-1-7(18(21)22)5-11(8)19(23)24/h1-5H,(H,17,20). The minimum Gasteiger partial charge on any atom is -0.319 e. The van der Waals surface area contributed by atoms with E-state index in [1.54, 1.807) is 0 Å². The summed E-state index contributed by atoms with van der Waals surface area (Å²) >= 11 is 15.1. The molecule has 0 fully saturated rings. The maximum Gasteiger partial charge on any atom is 0.289 e. The lowest BCUT2D eigenvalue weighted by atomic mass is 10.1. The Labute approximate surface area is 152 Å². The molecule has 0 aliphatic carbocycles. The molecular formula is C13H6BrCl2N3O5. The summed E-state index contributed by atoms with van der Waals surface area (Å²) in [5.74, 6) is -0.872. The maximum absolute atomic E-state index is 12.3. The van der Waals surface area contributed by atoms with Gasteiger partial charge in [0, 0.05) is 10.5 Å². The van der Waals surface area contributed by atoms with Crippen molar-refractivity contribution in [2.45, 2.75) is 0 Å². The van der Waals surface area contributed by atoms with Crippen LogP contribution in [-0.2, 0) is 0 Å². The van der Waals surface area contributed by atoms with Crippen molar-refractivity contribution < 1.29 is 14.6 Å². The van der Waals surface area contributed by atoms with Gasteiger partial charge in [0.15, 0.2) is 0 Å². The van der Waals surface area contributed by atoms with E-state index in [0.717, 1.165) is 12.1 Å². The first-order chi connectivity index (χ1) is 11.2. The summed E-state index contributed by atoms with van der Waals surface area (Å²) in [7, 11) is 0. The highest BCUT2D eigenvalue weighted by Crippen LogP contribution is 2.35. The molecule has 0 bridgehead atoms. The van der Waals surface area contributed by atoms with E-state index >= 15 is 0 Å². The van der Waals surface area contributed by atoms with E-state index in [-0.39, 0.29) is 21.3 Å². The Morgan fingerprint density at radius 2 is 1.62 bits per heavy atom. The number of halogens is 3. The molecule has 0 aliphatic heterocycles. The molecule has 0 heterocycles. The van der Waals surface area contributed by atoms with Crippen molar-refractivity contribution in [3.05, 3.63) is 70.6 Å². The quantitative estimate of drug-likeness (QED) is 0.546. The number of rotatable bonds is 4. The highest BCUT2D eigenvalue weighted by Gasteiger charge is 2.25. The molecule has 2 aromatic carbocycles. The molecule has 0 saturated carbocycles. The number of nitro benzene ring substituents is 2. The van der Waals surface area contributed by atoms with Gasteiger partial charge in [-0.2, -0.15) is 0 Å². The molecule has 24 heavy (non-hydrogen) atoms. The number of hydrogen-bond acceptors (Lipinski definition) is 5. The van der Waals surface area contributed by atoms with Crippen molar-refractivity contribution in [2.24, 2.45) is 0 Å². The molecule has 0 spiro atoms. The van der Waals surface area contributed by atoms with Gasteiger partial charge in [-0.1, -0.05) is 39.1 Å². The third-order valence-electron chi connectivity index (χ3n) is 2.88. The molecule has 0 aliphatic rings. The summed E-state index contributed by atoms with van der Waals surface area (Å²) < 4.78 is 0.580. The number of carbonyl (C=O) groups excluding carboxylic acids is 1. The smallest absolute Gasteiger partial charge is 0.289 e. The minimum absolute atomic E-state index is 0.0687. The molecule has 0 saturated heterocycles. The fourth-order valence-corrected chi connectivity index (χ4v) is 3.12. The van der Waals surface area contributed by atoms with Crippen molar-refractivity contribution >= 4 is 62.1 Å². The van der Waals surface area contributed by atoms with E-state index in [2.05, 4.69) is 21.2 Å². The first-order valence-corrected chi connectivity index (χ1v) is 7.64. The number of benzene rings is 2. The maximum atomic E-state index is 12.3. The van der Waals surface area contributed by atoms with Crippen molar-refractivity contribution in [1.82, 2.24) is 0 Å². The molecule has 2 aromatic rings. The number of non-ortho nitro benzene ring substituents is 1. The Balaban J connectivity index is 2.44. The molecule has 2 rings (SSSR count). The van der Waals surface area contributed by atoms with E-state index in [1.165, 1.54) is 12.1 Å². The zero-order chi connectivity index (χ0) is 18.0. The highest BCUT2D eigenvalue weighted by molar-refractivity contribution is 9.10. The fourth-order valence-electron chi connectivity index (χ4n) is 1.82. The van der Waals surface area contributed by atoms with Crippen LogP contribution >= 0.6 is 39.1 Å². The number of amides is 1. The zero-order valence-electron chi connectivity index (χ0n) is 11.5. The van der Waals surface area contributed by atoms with Gasteiger partial charge in [-0.3, -0.25) is 25.0 Å². The summed E-state index contributed by atoms with van der Waals surface area (Å²) in [6.45, 7) is 0. The van der Waals surface area contributed by atoms with Crippen molar-refractivity contribution in [3.8, 4) is 0 Å². The number of nitrogens with zero attached hydrogens (tertiary/aromatic N) is 2. The fraction of sp³-hybridized carbons (Fsp3) is 0. The molecular weight excluding hydrogens is 429 g/mol. The molecule has 11 heteroatoms. The molecule has 124 valence electrons. The van der Waals surface area contributed by atoms with Crippen LogP contribution in [0.2, 0.25) is 10.0 Å². The molecule has 0 unspecified atom stereocenters. The second-order valence-corrected chi connectivity index (χ2v) is 6.14. The van der Waals surface area contributed by atoms with Crippen LogP contribution in [0.15, 0.2) is 34.8 Å². The van der Waals surface area contributed by atoms with Gasteiger partial charge in [-0.25, -0.2) is 0 Å². The number of hydrogen-bond donors (Lipinski definition) is 1. The lowest BCUT2D eigenvalue weighted by molar-refractivity contribution is -0.394. The Morgan fingerprint density at radius 3 is 2.12 bits per heavy atom. The third-order valence-corrected chi connectivity index (χ3v) is 3.93. The highest BCUT2D eigenvalue weighted by atomic mass is 79.9. The van der Waals surface area contributed by atoms with E-state index in [0.29, 0.717) is 10.5 Å². The average Bonchev–Trinajstić information content (AvgIpc) is 2.49. The van der Waals surface area contributed by atoms with Crippen molar-refractivity contribution in [2.75, 3.05) is 5.32 Å². The molecule has 8 nitrogen and oxygen atoms in total. The molecule has 0 radical (unpaired) electrons. The van der Waals surface area contributed by atoms with Gasteiger partial charge < -0.3 is 5.32 Å². The van der Waals surface area contributed by atoms with Crippen LogP contribution in [0.5, 0.6) is 0 Å². The van der Waals surface area contributed by atoms with Gasteiger partial charge >= 0.3 is 0 Å². The zero-order valence-corrected chi connectivity index (χ0v) is 14.6. The van der Waals surface area contributed by atoms with Crippen LogP contribution in [0.25, 0.3) is 0 Å². The van der Waals surface area contributed by atoms with E-state index in [9.17, 15) is 25.0 Å². The van der Waals surface area contributed by atoms with Crippen molar-refractivity contribution in [3.63, 3.8) is 0 Å². The molecule has 1 N–H and O–H groups in total. The number of carbonyl (C=O) groups is 1. The first-order valence-electron chi connectivity index (χ1n) is 6.09. The van der Waals surface area contributed by atoms with E-state index in [1.807, 2.05) is 0 Å². The van der Waals surface area contributed by atoms with E-state index < -0.39 is 27.1 Å². The summed E-state index contributed by atoms with van der Waals surface area (Å²) in [5.41, 5.74) is -1.50. The SMILES string of the molecule is O=C(Nc1c(Cl)cc(Br)cc1Cl)c1ccc([N+](=O)[O-])cc1[N+](=O)[O-]. The number of nitrogens with one attached hydrogen (secondary N) is 1. The first kappa shape index (κ1) is 18.1. The van der Waals surface area contributed by atoms with Crippen LogP contribution in [-0.4, -0.2) is 15.8 Å². The second kappa shape index (κ2) is 7.12. The Morgan fingerprint density at radius 1 is 1.04 bits per heavy atom. The molecule has 1 amide bonds. The van der Waals surface area contributed by atoms with Crippen LogP contribution in [0, 0.1) is 20.2 Å².